The van der Waals surface area contributed by atoms with Crippen molar-refractivity contribution < 1.29 is 23.9 Å². The number of fused-ring (bicyclic) bond motifs is 1. The highest BCUT2D eigenvalue weighted by Crippen LogP contribution is 2.31. The lowest BCUT2D eigenvalue weighted by Gasteiger charge is -2.29. The van der Waals surface area contributed by atoms with Crippen LogP contribution in [0.15, 0.2) is 48.5 Å². The molecule has 3 amide bonds. The van der Waals surface area contributed by atoms with Gasteiger partial charge in [0.2, 0.25) is 0 Å². The number of hydrogen-bond acceptors (Lipinski definition) is 5. The molecule has 1 saturated carbocycles. The zero-order valence-corrected chi connectivity index (χ0v) is 17.3. The number of carbonyl (C=O) groups is 4. The van der Waals surface area contributed by atoms with Gasteiger partial charge in [0, 0.05) is 11.6 Å². The monoisotopic (exact) mass is 420 g/mol. The molecular formula is C24H24N2O5. The van der Waals surface area contributed by atoms with Crippen molar-refractivity contribution in [3.05, 3.63) is 70.8 Å². The largest absolute Gasteiger partial charge is 0.467 e. The van der Waals surface area contributed by atoms with Crippen molar-refractivity contribution in [3.8, 4) is 0 Å². The minimum atomic E-state index is -0.983. The van der Waals surface area contributed by atoms with E-state index in [1.165, 1.54) is 30.2 Å². The molecule has 4 rings (SSSR count). The number of methoxy groups -OCH3 is 1. The molecule has 2 aromatic carbocycles. The van der Waals surface area contributed by atoms with E-state index in [-0.39, 0.29) is 29.0 Å². The first kappa shape index (κ1) is 20.8. The van der Waals surface area contributed by atoms with E-state index in [9.17, 15) is 19.2 Å². The van der Waals surface area contributed by atoms with Gasteiger partial charge in [0.15, 0.2) is 6.04 Å². The number of imide groups is 1. The van der Waals surface area contributed by atoms with Gasteiger partial charge in [0.05, 0.1) is 18.2 Å². The molecule has 1 atom stereocenters. The van der Waals surface area contributed by atoms with Gasteiger partial charge in [0.25, 0.3) is 17.7 Å². The van der Waals surface area contributed by atoms with Crippen LogP contribution in [-0.2, 0) is 9.53 Å². The highest BCUT2D eigenvalue weighted by Gasteiger charge is 2.40. The first-order chi connectivity index (χ1) is 15.0. The van der Waals surface area contributed by atoms with Gasteiger partial charge in [-0.25, -0.2) is 4.79 Å². The van der Waals surface area contributed by atoms with E-state index in [1.807, 2.05) is 0 Å². The lowest BCUT2D eigenvalue weighted by molar-refractivity contribution is -0.143. The summed E-state index contributed by atoms with van der Waals surface area (Å²) in [4.78, 5) is 52.3. The molecule has 1 N–H and O–H groups in total. The fourth-order valence-electron chi connectivity index (χ4n) is 4.33. The number of nitrogens with zero attached hydrogens (tertiary/aromatic N) is 1. The Kier molecular flexibility index (Phi) is 5.84. The summed E-state index contributed by atoms with van der Waals surface area (Å²) in [7, 11) is 1.25. The van der Waals surface area contributed by atoms with Gasteiger partial charge in [-0.2, -0.15) is 0 Å². The van der Waals surface area contributed by atoms with Gasteiger partial charge < -0.3 is 10.1 Å². The molecular weight excluding hydrogens is 396 g/mol. The average molecular weight is 420 g/mol. The van der Waals surface area contributed by atoms with Crippen LogP contribution in [0.4, 0.5) is 0 Å². The molecule has 160 valence electrons. The van der Waals surface area contributed by atoms with E-state index in [0.29, 0.717) is 11.1 Å². The number of esters is 1. The minimum absolute atomic E-state index is 0.0831. The SMILES string of the molecule is COC(=O)C(NC(=O)c1ccc2c(c1)C(=O)N(C1CCCCC1)C2=O)c1ccccc1. The number of amides is 3. The molecule has 2 aliphatic rings. The van der Waals surface area contributed by atoms with E-state index in [4.69, 9.17) is 4.74 Å². The predicted octanol–water partition coefficient (Wildman–Crippen LogP) is 3.26. The van der Waals surface area contributed by atoms with Crippen molar-refractivity contribution in [1.82, 2.24) is 10.2 Å². The van der Waals surface area contributed by atoms with Crippen molar-refractivity contribution in [1.29, 1.82) is 0 Å². The highest BCUT2D eigenvalue weighted by atomic mass is 16.5. The second-order valence-corrected chi connectivity index (χ2v) is 7.87. The number of ether oxygens (including phenoxy) is 1. The van der Waals surface area contributed by atoms with Crippen molar-refractivity contribution in [2.45, 2.75) is 44.2 Å². The Morgan fingerprint density at radius 3 is 2.32 bits per heavy atom. The maximum Gasteiger partial charge on any atom is 0.333 e. The zero-order valence-electron chi connectivity index (χ0n) is 17.3. The van der Waals surface area contributed by atoms with Gasteiger partial charge in [-0.1, -0.05) is 49.6 Å². The molecule has 1 unspecified atom stereocenters. The predicted molar refractivity (Wildman–Crippen MR) is 112 cm³/mol. The third-order valence-corrected chi connectivity index (χ3v) is 5.97. The Bertz CT molecular complexity index is 1030. The van der Waals surface area contributed by atoms with Gasteiger partial charge in [-0.05, 0) is 36.6 Å². The summed E-state index contributed by atoms with van der Waals surface area (Å²) in [6.07, 6.45) is 4.75. The lowest BCUT2D eigenvalue weighted by Crippen LogP contribution is -2.40. The number of carbonyl (C=O) groups excluding carboxylic acids is 4. The van der Waals surface area contributed by atoms with Crippen molar-refractivity contribution in [2.24, 2.45) is 0 Å². The maximum absolute atomic E-state index is 13.0. The fraction of sp³-hybridized carbons (Fsp3) is 0.333. The van der Waals surface area contributed by atoms with Crippen LogP contribution < -0.4 is 5.32 Å². The zero-order chi connectivity index (χ0) is 22.0. The number of rotatable bonds is 5. The Labute approximate surface area is 180 Å². The van der Waals surface area contributed by atoms with Crippen LogP contribution in [0.5, 0.6) is 0 Å². The molecule has 0 radical (unpaired) electrons. The summed E-state index contributed by atoms with van der Waals surface area (Å²) < 4.78 is 4.83. The third-order valence-electron chi connectivity index (χ3n) is 5.97. The molecule has 0 spiro atoms. The highest BCUT2D eigenvalue weighted by molar-refractivity contribution is 6.22. The fourth-order valence-corrected chi connectivity index (χ4v) is 4.33. The summed E-state index contributed by atoms with van der Waals surface area (Å²) in [6.45, 7) is 0. The first-order valence-corrected chi connectivity index (χ1v) is 10.5. The Hall–Kier alpha value is -3.48. The smallest absolute Gasteiger partial charge is 0.333 e. The molecule has 2 aromatic rings. The number of hydrogen-bond donors (Lipinski definition) is 1. The standard InChI is InChI=1S/C24H24N2O5/c1-31-24(30)20(15-8-4-2-5-9-15)25-21(27)16-12-13-18-19(14-16)23(29)26(22(18)28)17-10-6-3-7-11-17/h2,4-5,8-9,12-14,17,20H,3,6-7,10-11H2,1H3,(H,25,27). The van der Waals surface area contributed by atoms with Crippen molar-refractivity contribution in [2.75, 3.05) is 7.11 Å². The summed E-state index contributed by atoms with van der Waals surface area (Å²) >= 11 is 0. The average Bonchev–Trinajstić information content (AvgIpc) is 3.07. The first-order valence-electron chi connectivity index (χ1n) is 10.5. The second-order valence-electron chi connectivity index (χ2n) is 7.87. The van der Waals surface area contributed by atoms with Crippen LogP contribution in [-0.4, -0.2) is 41.7 Å². The molecule has 7 nitrogen and oxygen atoms in total. The van der Waals surface area contributed by atoms with Crippen LogP contribution in [0, 0.1) is 0 Å². The van der Waals surface area contributed by atoms with Gasteiger partial charge >= 0.3 is 5.97 Å². The third kappa shape index (κ3) is 3.95. The van der Waals surface area contributed by atoms with Crippen LogP contribution in [0.3, 0.4) is 0 Å². The van der Waals surface area contributed by atoms with Crippen molar-refractivity contribution in [3.63, 3.8) is 0 Å². The normalized spacial score (nSPS) is 17.3. The molecule has 1 fully saturated rings. The molecule has 0 aromatic heterocycles. The van der Waals surface area contributed by atoms with Gasteiger partial charge in [0.1, 0.15) is 0 Å². The van der Waals surface area contributed by atoms with Crippen molar-refractivity contribution >= 4 is 23.7 Å². The topological polar surface area (TPSA) is 92.8 Å². The van der Waals surface area contributed by atoms with Crippen LogP contribution >= 0.6 is 0 Å². The molecule has 7 heteroatoms. The lowest BCUT2D eigenvalue weighted by atomic mass is 9.94. The van der Waals surface area contributed by atoms with Gasteiger partial charge in [-0.15, -0.1) is 0 Å². The van der Waals surface area contributed by atoms with Crippen LogP contribution in [0.1, 0.15) is 74.8 Å². The number of benzene rings is 2. The molecule has 0 bridgehead atoms. The summed E-state index contributed by atoms with van der Waals surface area (Å²) in [5, 5.41) is 2.67. The molecule has 0 saturated heterocycles. The van der Waals surface area contributed by atoms with E-state index in [0.717, 1.165) is 32.1 Å². The van der Waals surface area contributed by atoms with Crippen LogP contribution in [0.2, 0.25) is 0 Å². The summed E-state index contributed by atoms with van der Waals surface area (Å²) in [5.74, 6) is -1.78. The Balaban J connectivity index is 1.57. The van der Waals surface area contributed by atoms with Crippen LogP contribution in [0.25, 0.3) is 0 Å². The minimum Gasteiger partial charge on any atom is -0.467 e. The number of nitrogens with one attached hydrogen (secondary N) is 1. The van der Waals surface area contributed by atoms with E-state index in [2.05, 4.69) is 5.32 Å². The van der Waals surface area contributed by atoms with Gasteiger partial charge in [-0.3, -0.25) is 19.3 Å². The molecule has 1 heterocycles. The quantitative estimate of drug-likeness (QED) is 0.592. The van der Waals surface area contributed by atoms with E-state index < -0.39 is 17.9 Å². The Morgan fingerprint density at radius 1 is 0.968 bits per heavy atom. The maximum atomic E-state index is 13.0. The summed E-state index contributed by atoms with van der Waals surface area (Å²) in [5.41, 5.74) is 1.34. The molecule has 1 aliphatic heterocycles. The van der Waals surface area contributed by atoms with E-state index >= 15 is 0 Å². The molecule has 1 aliphatic carbocycles. The Morgan fingerprint density at radius 2 is 1.65 bits per heavy atom. The van der Waals surface area contributed by atoms with E-state index in [1.54, 1.807) is 30.3 Å². The summed E-state index contributed by atoms with van der Waals surface area (Å²) in [6, 6.07) is 12.2. The second kappa shape index (κ2) is 8.71. The molecule has 31 heavy (non-hydrogen) atoms.